The fourth-order valence-electron chi connectivity index (χ4n) is 3.09. The van der Waals surface area contributed by atoms with Crippen LogP contribution in [0.5, 0.6) is 5.75 Å². The lowest BCUT2D eigenvalue weighted by Gasteiger charge is -2.38. The van der Waals surface area contributed by atoms with Crippen molar-refractivity contribution in [1.29, 1.82) is 0 Å². The highest BCUT2D eigenvalue weighted by Gasteiger charge is 2.35. The fourth-order valence-corrected chi connectivity index (χ4v) is 3.09. The summed E-state index contributed by atoms with van der Waals surface area (Å²) in [5.74, 6) is 0.879. The van der Waals surface area contributed by atoms with E-state index in [4.69, 9.17) is 4.74 Å². The summed E-state index contributed by atoms with van der Waals surface area (Å²) in [6.07, 6.45) is 2.31. The minimum Gasteiger partial charge on any atom is -0.487 e. The maximum absolute atomic E-state index is 10.2. The SMILES string of the molecule is CC1(C)CCC(O)C(Oc2cccc3ccccc23)C1. The summed E-state index contributed by atoms with van der Waals surface area (Å²) in [6, 6.07) is 14.3. The molecule has 1 aliphatic rings. The van der Waals surface area contributed by atoms with E-state index in [1.165, 1.54) is 5.39 Å². The zero-order valence-corrected chi connectivity index (χ0v) is 12.2. The number of aliphatic hydroxyl groups excluding tert-OH is 1. The predicted octanol–water partition coefficient (Wildman–Crippen LogP) is 4.16. The molecule has 1 N–H and O–H groups in total. The molecule has 0 saturated heterocycles. The van der Waals surface area contributed by atoms with Crippen molar-refractivity contribution >= 4 is 10.8 Å². The van der Waals surface area contributed by atoms with E-state index in [0.29, 0.717) is 0 Å². The van der Waals surface area contributed by atoms with Crippen LogP contribution in [0, 0.1) is 5.41 Å². The van der Waals surface area contributed by atoms with Crippen LogP contribution in [0.3, 0.4) is 0 Å². The average molecular weight is 270 g/mol. The molecule has 2 aromatic rings. The first kappa shape index (κ1) is 13.4. The lowest BCUT2D eigenvalue weighted by Crippen LogP contribution is -2.41. The highest BCUT2D eigenvalue weighted by molar-refractivity contribution is 5.88. The molecule has 0 radical (unpaired) electrons. The topological polar surface area (TPSA) is 29.5 Å². The molecule has 1 fully saturated rings. The van der Waals surface area contributed by atoms with Crippen LogP contribution in [-0.4, -0.2) is 17.3 Å². The quantitative estimate of drug-likeness (QED) is 0.888. The standard InChI is InChI=1S/C18H22O2/c1-18(2)11-10-15(19)17(12-18)20-16-9-5-7-13-6-3-4-8-14(13)16/h3-9,15,17,19H,10-12H2,1-2H3. The largest absolute Gasteiger partial charge is 0.487 e. The van der Waals surface area contributed by atoms with Gasteiger partial charge in [0.1, 0.15) is 11.9 Å². The molecule has 2 aromatic carbocycles. The van der Waals surface area contributed by atoms with Crippen LogP contribution < -0.4 is 4.74 Å². The Hall–Kier alpha value is -1.54. The molecule has 2 atom stereocenters. The van der Waals surface area contributed by atoms with Crippen LogP contribution in [-0.2, 0) is 0 Å². The minimum absolute atomic E-state index is 0.107. The smallest absolute Gasteiger partial charge is 0.127 e. The maximum Gasteiger partial charge on any atom is 0.127 e. The first-order valence-corrected chi connectivity index (χ1v) is 7.38. The summed E-state index contributed by atoms with van der Waals surface area (Å²) in [7, 11) is 0. The second kappa shape index (κ2) is 5.10. The normalized spacial score (nSPS) is 25.6. The van der Waals surface area contributed by atoms with E-state index in [0.717, 1.165) is 30.4 Å². The zero-order chi connectivity index (χ0) is 14.2. The Bertz CT molecular complexity index is 598. The summed E-state index contributed by atoms with van der Waals surface area (Å²) in [5, 5.41) is 12.5. The molecule has 0 heterocycles. The van der Waals surface area contributed by atoms with Gasteiger partial charge in [0.2, 0.25) is 0 Å². The highest BCUT2D eigenvalue weighted by atomic mass is 16.5. The van der Waals surface area contributed by atoms with Crippen LogP contribution in [0.25, 0.3) is 10.8 Å². The molecular weight excluding hydrogens is 248 g/mol. The number of hydrogen-bond donors (Lipinski definition) is 1. The van der Waals surface area contributed by atoms with Gasteiger partial charge in [-0.2, -0.15) is 0 Å². The van der Waals surface area contributed by atoms with Crippen LogP contribution in [0.1, 0.15) is 33.1 Å². The Balaban J connectivity index is 1.89. The van der Waals surface area contributed by atoms with Gasteiger partial charge in [-0.15, -0.1) is 0 Å². The second-order valence-corrected chi connectivity index (χ2v) is 6.61. The summed E-state index contributed by atoms with van der Waals surface area (Å²) < 4.78 is 6.17. The molecule has 1 saturated carbocycles. The summed E-state index contributed by atoms with van der Waals surface area (Å²) >= 11 is 0. The fraction of sp³-hybridized carbons (Fsp3) is 0.444. The summed E-state index contributed by atoms with van der Waals surface area (Å²) in [4.78, 5) is 0. The summed E-state index contributed by atoms with van der Waals surface area (Å²) in [6.45, 7) is 4.50. The van der Waals surface area contributed by atoms with Gasteiger partial charge in [0.25, 0.3) is 0 Å². The summed E-state index contributed by atoms with van der Waals surface area (Å²) in [5.41, 5.74) is 0.245. The predicted molar refractivity (Wildman–Crippen MR) is 82.0 cm³/mol. The molecular formula is C18H22O2. The van der Waals surface area contributed by atoms with Crippen LogP contribution in [0.2, 0.25) is 0 Å². The third-order valence-corrected chi connectivity index (χ3v) is 4.33. The van der Waals surface area contributed by atoms with Crippen molar-refractivity contribution in [3.63, 3.8) is 0 Å². The first-order valence-electron chi connectivity index (χ1n) is 7.38. The van der Waals surface area contributed by atoms with Crippen LogP contribution >= 0.6 is 0 Å². The lowest BCUT2D eigenvalue weighted by molar-refractivity contribution is -0.0297. The molecule has 2 unspecified atom stereocenters. The third kappa shape index (κ3) is 2.66. The van der Waals surface area contributed by atoms with E-state index in [9.17, 15) is 5.11 Å². The number of aliphatic hydroxyl groups is 1. The monoisotopic (exact) mass is 270 g/mol. The van der Waals surface area contributed by atoms with Gasteiger partial charge in [-0.3, -0.25) is 0 Å². The molecule has 20 heavy (non-hydrogen) atoms. The Morgan fingerprint density at radius 3 is 2.70 bits per heavy atom. The van der Waals surface area contributed by atoms with Crippen molar-refractivity contribution < 1.29 is 9.84 Å². The maximum atomic E-state index is 10.2. The Labute approximate surface area is 120 Å². The van der Waals surface area contributed by atoms with E-state index in [-0.39, 0.29) is 17.6 Å². The van der Waals surface area contributed by atoms with Gasteiger partial charge in [-0.05, 0) is 36.1 Å². The number of rotatable bonds is 2. The van der Waals surface area contributed by atoms with Gasteiger partial charge in [0.15, 0.2) is 0 Å². The van der Waals surface area contributed by atoms with Gasteiger partial charge in [-0.25, -0.2) is 0 Å². The highest BCUT2D eigenvalue weighted by Crippen LogP contribution is 2.38. The molecule has 0 amide bonds. The van der Waals surface area contributed by atoms with E-state index >= 15 is 0 Å². The van der Waals surface area contributed by atoms with Gasteiger partial charge in [0, 0.05) is 5.39 Å². The van der Waals surface area contributed by atoms with Crippen LogP contribution in [0.4, 0.5) is 0 Å². The van der Waals surface area contributed by atoms with E-state index in [2.05, 4.69) is 32.0 Å². The molecule has 0 aliphatic heterocycles. The number of ether oxygens (including phenoxy) is 1. The average Bonchev–Trinajstić information content (AvgIpc) is 2.43. The number of hydrogen-bond acceptors (Lipinski definition) is 2. The third-order valence-electron chi connectivity index (χ3n) is 4.33. The Morgan fingerprint density at radius 1 is 1.10 bits per heavy atom. The Morgan fingerprint density at radius 2 is 1.85 bits per heavy atom. The van der Waals surface area contributed by atoms with Crippen molar-refractivity contribution in [3.05, 3.63) is 42.5 Å². The number of benzene rings is 2. The molecule has 106 valence electrons. The lowest BCUT2D eigenvalue weighted by atomic mass is 9.75. The zero-order valence-electron chi connectivity index (χ0n) is 12.2. The van der Waals surface area contributed by atoms with Crippen molar-refractivity contribution in [2.24, 2.45) is 5.41 Å². The number of fused-ring (bicyclic) bond motifs is 1. The van der Waals surface area contributed by atoms with Crippen LogP contribution in [0.15, 0.2) is 42.5 Å². The van der Waals surface area contributed by atoms with Crippen molar-refractivity contribution in [2.75, 3.05) is 0 Å². The Kier molecular flexibility index (Phi) is 3.43. The van der Waals surface area contributed by atoms with E-state index < -0.39 is 0 Å². The van der Waals surface area contributed by atoms with Crippen molar-refractivity contribution in [3.8, 4) is 5.75 Å². The molecule has 0 bridgehead atoms. The van der Waals surface area contributed by atoms with Crippen molar-refractivity contribution in [2.45, 2.75) is 45.3 Å². The first-order chi connectivity index (χ1) is 9.55. The van der Waals surface area contributed by atoms with Gasteiger partial charge >= 0.3 is 0 Å². The van der Waals surface area contributed by atoms with Gasteiger partial charge < -0.3 is 9.84 Å². The molecule has 2 nitrogen and oxygen atoms in total. The molecule has 2 heteroatoms. The molecule has 3 rings (SSSR count). The van der Waals surface area contributed by atoms with E-state index in [1.54, 1.807) is 0 Å². The molecule has 1 aliphatic carbocycles. The van der Waals surface area contributed by atoms with Gasteiger partial charge in [0.05, 0.1) is 6.10 Å². The molecule has 0 aromatic heterocycles. The minimum atomic E-state index is -0.359. The molecule has 0 spiro atoms. The van der Waals surface area contributed by atoms with Crippen molar-refractivity contribution in [1.82, 2.24) is 0 Å². The van der Waals surface area contributed by atoms with E-state index in [1.807, 2.05) is 24.3 Å². The second-order valence-electron chi connectivity index (χ2n) is 6.61. The van der Waals surface area contributed by atoms with Gasteiger partial charge in [-0.1, -0.05) is 50.2 Å².